The molecule has 1 heterocycles. The smallest absolute Gasteiger partial charge is 0.333 e. The van der Waals surface area contributed by atoms with Gasteiger partial charge in [-0.3, -0.25) is 4.79 Å². The van der Waals surface area contributed by atoms with Gasteiger partial charge in [-0.15, -0.1) is 0 Å². The normalized spacial score (nSPS) is 18.7. The van der Waals surface area contributed by atoms with Gasteiger partial charge in [0.15, 0.2) is 0 Å². The average molecular weight is 281 g/mol. The molecule has 21 heavy (non-hydrogen) atoms. The number of carbonyl (C=O) groups excluding carboxylic acids is 1. The second kappa shape index (κ2) is 5.05. The summed E-state index contributed by atoms with van der Waals surface area (Å²) in [5, 5.41) is 14.2. The SMILES string of the molecule is CC1=C(C(=O)O)[C@@H](c2ccc3ccccc3c2)CC(=O)N1. The van der Waals surface area contributed by atoms with E-state index < -0.39 is 11.9 Å². The van der Waals surface area contributed by atoms with Crippen molar-refractivity contribution in [1.29, 1.82) is 0 Å². The first-order valence-corrected chi connectivity index (χ1v) is 6.79. The van der Waals surface area contributed by atoms with Crippen LogP contribution in [0.25, 0.3) is 10.8 Å². The Hall–Kier alpha value is -2.62. The van der Waals surface area contributed by atoms with E-state index in [0.717, 1.165) is 16.3 Å². The van der Waals surface area contributed by atoms with Crippen LogP contribution in [0.5, 0.6) is 0 Å². The second-order valence-corrected chi connectivity index (χ2v) is 5.26. The van der Waals surface area contributed by atoms with E-state index in [4.69, 9.17) is 0 Å². The van der Waals surface area contributed by atoms with Gasteiger partial charge in [0.25, 0.3) is 0 Å². The molecule has 2 aromatic rings. The third-order valence-corrected chi connectivity index (χ3v) is 3.88. The van der Waals surface area contributed by atoms with E-state index in [1.54, 1.807) is 6.92 Å². The van der Waals surface area contributed by atoms with Crippen molar-refractivity contribution in [3.63, 3.8) is 0 Å². The summed E-state index contributed by atoms with van der Waals surface area (Å²) in [4.78, 5) is 23.3. The Labute approximate surface area is 122 Å². The summed E-state index contributed by atoms with van der Waals surface area (Å²) in [6.45, 7) is 1.63. The van der Waals surface area contributed by atoms with Gasteiger partial charge in [0, 0.05) is 18.0 Å². The molecule has 0 aliphatic carbocycles. The van der Waals surface area contributed by atoms with E-state index in [1.165, 1.54) is 0 Å². The minimum Gasteiger partial charge on any atom is -0.478 e. The van der Waals surface area contributed by atoms with Crippen LogP contribution in [0.15, 0.2) is 53.7 Å². The van der Waals surface area contributed by atoms with Crippen LogP contribution in [-0.4, -0.2) is 17.0 Å². The second-order valence-electron chi connectivity index (χ2n) is 5.26. The maximum Gasteiger partial charge on any atom is 0.333 e. The lowest BCUT2D eigenvalue weighted by Gasteiger charge is -2.25. The van der Waals surface area contributed by atoms with E-state index in [1.807, 2.05) is 42.5 Å². The standard InChI is InChI=1S/C17H15NO3/c1-10-16(17(20)21)14(9-15(19)18-10)13-7-6-11-4-2-3-5-12(11)8-13/h2-8,14H,9H2,1H3,(H,18,19)(H,20,21)/t14-/m1/s1. The largest absolute Gasteiger partial charge is 0.478 e. The Morgan fingerprint density at radius 3 is 2.62 bits per heavy atom. The van der Waals surface area contributed by atoms with Crippen molar-refractivity contribution in [3.05, 3.63) is 59.3 Å². The van der Waals surface area contributed by atoms with Crippen molar-refractivity contribution in [1.82, 2.24) is 5.32 Å². The molecular weight excluding hydrogens is 266 g/mol. The van der Waals surface area contributed by atoms with E-state index in [0.29, 0.717) is 5.70 Å². The summed E-state index contributed by atoms with van der Waals surface area (Å²) in [7, 11) is 0. The van der Waals surface area contributed by atoms with Crippen molar-refractivity contribution in [3.8, 4) is 0 Å². The minimum atomic E-state index is -0.981. The van der Waals surface area contributed by atoms with Crippen molar-refractivity contribution >= 4 is 22.6 Å². The Bertz CT molecular complexity index is 776. The molecule has 3 rings (SSSR count). The number of hydrogen-bond donors (Lipinski definition) is 2. The molecule has 0 saturated carbocycles. The predicted molar refractivity (Wildman–Crippen MR) is 79.8 cm³/mol. The lowest BCUT2D eigenvalue weighted by atomic mass is 9.84. The van der Waals surface area contributed by atoms with Gasteiger partial charge in [0.1, 0.15) is 0 Å². The van der Waals surface area contributed by atoms with Gasteiger partial charge in [0.05, 0.1) is 5.57 Å². The summed E-state index contributed by atoms with van der Waals surface area (Å²) in [6, 6.07) is 13.7. The molecule has 1 aliphatic rings. The molecule has 1 aliphatic heterocycles. The Kier molecular flexibility index (Phi) is 3.22. The number of carbonyl (C=O) groups is 2. The highest BCUT2D eigenvalue weighted by Crippen LogP contribution is 2.34. The molecule has 0 radical (unpaired) electrons. The molecule has 1 atom stereocenters. The predicted octanol–water partition coefficient (Wildman–Crippen LogP) is 2.80. The molecular formula is C17H15NO3. The van der Waals surface area contributed by atoms with Crippen molar-refractivity contribution in [2.45, 2.75) is 19.3 Å². The van der Waals surface area contributed by atoms with Crippen LogP contribution in [0.4, 0.5) is 0 Å². The monoisotopic (exact) mass is 281 g/mol. The van der Waals surface area contributed by atoms with E-state index in [2.05, 4.69) is 5.32 Å². The molecule has 0 saturated heterocycles. The molecule has 0 fully saturated rings. The average Bonchev–Trinajstić information content (AvgIpc) is 2.45. The van der Waals surface area contributed by atoms with Crippen LogP contribution in [0, 0.1) is 0 Å². The molecule has 0 unspecified atom stereocenters. The summed E-state index contributed by atoms with van der Waals surface area (Å²) in [5.74, 6) is -1.53. The zero-order valence-corrected chi connectivity index (χ0v) is 11.6. The highest BCUT2D eigenvalue weighted by atomic mass is 16.4. The number of benzene rings is 2. The molecule has 0 bridgehead atoms. The van der Waals surface area contributed by atoms with Gasteiger partial charge in [-0.05, 0) is 23.3 Å². The molecule has 0 spiro atoms. The minimum absolute atomic E-state index is 0.143. The number of rotatable bonds is 2. The molecule has 0 aromatic heterocycles. The van der Waals surface area contributed by atoms with Crippen molar-refractivity contribution in [2.75, 3.05) is 0 Å². The number of fused-ring (bicyclic) bond motifs is 1. The number of amides is 1. The first-order valence-electron chi connectivity index (χ1n) is 6.79. The number of aliphatic carboxylic acids is 1. The van der Waals surface area contributed by atoms with E-state index in [9.17, 15) is 14.7 Å². The van der Waals surface area contributed by atoms with Gasteiger partial charge in [0.2, 0.25) is 5.91 Å². The van der Waals surface area contributed by atoms with Gasteiger partial charge >= 0.3 is 5.97 Å². The fourth-order valence-corrected chi connectivity index (χ4v) is 2.89. The topological polar surface area (TPSA) is 66.4 Å². The first-order chi connectivity index (χ1) is 10.1. The number of hydrogen-bond acceptors (Lipinski definition) is 2. The van der Waals surface area contributed by atoms with Crippen LogP contribution >= 0.6 is 0 Å². The quantitative estimate of drug-likeness (QED) is 0.889. The summed E-state index contributed by atoms with van der Waals surface area (Å²) >= 11 is 0. The van der Waals surface area contributed by atoms with Crippen LogP contribution in [-0.2, 0) is 9.59 Å². The maximum atomic E-state index is 11.8. The highest BCUT2D eigenvalue weighted by Gasteiger charge is 2.31. The summed E-state index contributed by atoms with van der Waals surface area (Å²) in [5.41, 5.74) is 1.56. The Balaban J connectivity index is 2.13. The molecule has 4 heteroatoms. The molecule has 106 valence electrons. The highest BCUT2D eigenvalue weighted by molar-refractivity contribution is 5.95. The first kappa shape index (κ1) is 13.4. The van der Waals surface area contributed by atoms with Gasteiger partial charge in [-0.1, -0.05) is 42.5 Å². The molecule has 2 N–H and O–H groups in total. The number of carboxylic acids is 1. The third kappa shape index (κ3) is 2.40. The molecule has 2 aromatic carbocycles. The fourth-order valence-electron chi connectivity index (χ4n) is 2.89. The lowest BCUT2D eigenvalue weighted by Crippen LogP contribution is -2.33. The molecule has 4 nitrogen and oxygen atoms in total. The Morgan fingerprint density at radius 1 is 1.19 bits per heavy atom. The molecule has 1 amide bonds. The fraction of sp³-hybridized carbons (Fsp3) is 0.176. The van der Waals surface area contributed by atoms with E-state index >= 15 is 0 Å². The van der Waals surface area contributed by atoms with Crippen molar-refractivity contribution < 1.29 is 14.7 Å². The van der Waals surface area contributed by atoms with Crippen LogP contribution < -0.4 is 5.32 Å². The number of allylic oxidation sites excluding steroid dienone is 1. The van der Waals surface area contributed by atoms with Crippen molar-refractivity contribution in [2.24, 2.45) is 0 Å². The summed E-state index contributed by atoms with van der Waals surface area (Å²) < 4.78 is 0. The maximum absolute atomic E-state index is 11.8. The lowest BCUT2D eigenvalue weighted by molar-refractivity contribution is -0.133. The zero-order valence-electron chi connectivity index (χ0n) is 11.6. The zero-order chi connectivity index (χ0) is 15.0. The van der Waals surface area contributed by atoms with Crippen LogP contribution in [0.3, 0.4) is 0 Å². The summed E-state index contributed by atoms with van der Waals surface area (Å²) in [6.07, 6.45) is 0.164. The van der Waals surface area contributed by atoms with Crippen LogP contribution in [0.1, 0.15) is 24.8 Å². The van der Waals surface area contributed by atoms with Crippen LogP contribution in [0.2, 0.25) is 0 Å². The van der Waals surface area contributed by atoms with Gasteiger partial charge < -0.3 is 10.4 Å². The van der Waals surface area contributed by atoms with Gasteiger partial charge in [-0.2, -0.15) is 0 Å². The van der Waals surface area contributed by atoms with E-state index in [-0.39, 0.29) is 17.9 Å². The Morgan fingerprint density at radius 2 is 1.90 bits per heavy atom. The van der Waals surface area contributed by atoms with Gasteiger partial charge in [-0.25, -0.2) is 4.79 Å². The third-order valence-electron chi connectivity index (χ3n) is 3.88. The number of nitrogens with one attached hydrogen (secondary N) is 1. The number of carboxylic acid groups (broad SMARTS) is 1.